The lowest BCUT2D eigenvalue weighted by atomic mass is 10.1. The number of hydrogen-bond donors (Lipinski definition) is 1. The molecule has 0 saturated heterocycles. The molecule has 0 aliphatic carbocycles. The van der Waals surface area contributed by atoms with E-state index in [0.717, 1.165) is 6.42 Å². The predicted molar refractivity (Wildman–Crippen MR) is 65.8 cm³/mol. The Balaban J connectivity index is 2.94. The van der Waals surface area contributed by atoms with Crippen molar-refractivity contribution in [2.45, 2.75) is 20.3 Å². The van der Waals surface area contributed by atoms with Gasteiger partial charge in [0.2, 0.25) is 0 Å². The Labute approximate surface area is 100 Å². The van der Waals surface area contributed by atoms with Crippen molar-refractivity contribution in [2.75, 3.05) is 11.9 Å². The number of anilines is 1. The van der Waals surface area contributed by atoms with E-state index in [1.165, 1.54) is 18.2 Å². The number of rotatable bonds is 5. The summed E-state index contributed by atoms with van der Waals surface area (Å²) >= 11 is 0. The van der Waals surface area contributed by atoms with Crippen LogP contribution >= 0.6 is 0 Å². The molecular weight excluding hydrogens is 218 g/mol. The van der Waals surface area contributed by atoms with Crippen LogP contribution in [0.25, 0.3) is 0 Å². The lowest BCUT2D eigenvalue weighted by molar-refractivity contribution is -0.384. The third kappa shape index (κ3) is 3.45. The fourth-order valence-electron chi connectivity index (χ4n) is 1.33. The molecule has 90 valence electrons. The number of nitriles is 1. The molecule has 0 spiro atoms. The van der Waals surface area contributed by atoms with Crippen molar-refractivity contribution in [1.29, 1.82) is 5.26 Å². The molecule has 17 heavy (non-hydrogen) atoms. The van der Waals surface area contributed by atoms with Crippen LogP contribution in [0, 0.1) is 27.4 Å². The fraction of sp³-hybridized carbons (Fsp3) is 0.417. The van der Waals surface area contributed by atoms with Gasteiger partial charge in [-0.25, -0.2) is 0 Å². The van der Waals surface area contributed by atoms with Crippen molar-refractivity contribution in [3.63, 3.8) is 0 Å². The van der Waals surface area contributed by atoms with E-state index in [1.54, 1.807) is 0 Å². The van der Waals surface area contributed by atoms with Gasteiger partial charge in [0.25, 0.3) is 5.69 Å². The van der Waals surface area contributed by atoms with Crippen LogP contribution in [-0.4, -0.2) is 11.5 Å². The summed E-state index contributed by atoms with van der Waals surface area (Å²) in [6.07, 6.45) is 0.999. The number of nitrogens with zero attached hydrogens (tertiary/aromatic N) is 2. The van der Waals surface area contributed by atoms with E-state index in [4.69, 9.17) is 5.26 Å². The van der Waals surface area contributed by atoms with Crippen LogP contribution in [0.1, 0.15) is 25.8 Å². The summed E-state index contributed by atoms with van der Waals surface area (Å²) in [4.78, 5) is 10.4. The zero-order valence-corrected chi connectivity index (χ0v) is 9.93. The summed E-state index contributed by atoms with van der Waals surface area (Å²) in [6, 6.07) is 6.30. The zero-order chi connectivity index (χ0) is 12.8. The van der Waals surface area contributed by atoms with E-state index >= 15 is 0 Å². The molecule has 1 unspecified atom stereocenters. The number of hydrogen-bond acceptors (Lipinski definition) is 4. The smallest absolute Gasteiger partial charge is 0.292 e. The molecule has 0 bridgehead atoms. The van der Waals surface area contributed by atoms with E-state index in [1.807, 2.05) is 6.07 Å². The van der Waals surface area contributed by atoms with Gasteiger partial charge >= 0.3 is 0 Å². The third-order valence-electron chi connectivity index (χ3n) is 2.66. The highest BCUT2D eigenvalue weighted by atomic mass is 16.6. The molecule has 1 aromatic rings. The maximum Gasteiger partial charge on any atom is 0.292 e. The molecular formula is C12H15N3O2. The highest BCUT2D eigenvalue weighted by Crippen LogP contribution is 2.25. The molecule has 5 nitrogen and oxygen atoms in total. The maximum atomic E-state index is 10.8. The van der Waals surface area contributed by atoms with E-state index in [-0.39, 0.29) is 5.69 Å². The molecule has 0 fully saturated rings. The minimum atomic E-state index is -0.444. The predicted octanol–water partition coefficient (Wildman–Crippen LogP) is 2.92. The van der Waals surface area contributed by atoms with Gasteiger partial charge in [-0.15, -0.1) is 0 Å². The van der Waals surface area contributed by atoms with Gasteiger partial charge in [0.05, 0.1) is 16.6 Å². The van der Waals surface area contributed by atoms with Gasteiger partial charge in [-0.05, 0) is 18.1 Å². The van der Waals surface area contributed by atoms with Gasteiger partial charge < -0.3 is 5.32 Å². The van der Waals surface area contributed by atoms with Gasteiger partial charge in [-0.1, -0.05) is 20.3 Å². The zero-order valence-electron chi connectivity index (χ0n) is 9.93. The largest absolute Gasteiger partial charge is 0.379 e. The van der Waals surface area contributed by atoms with Gasteiger partial charge in [-0.3, -0.25) is 10.1 Å². The van der Waals surface area contributed by atoms with Crippen LogP contribution in [0.5, 0.6) is 0 Å². The van der Waals surface area contributed by atoms with E-state index in [0.29, 0.717) is 23.7 Å². The molecule has 0 aliphatic rings. The summed E-state index contributed by atoms with van der Waals surface area (Å²) < 4.78 is 0. The molecule has 0 aromatic heterocycles. The fourth-order valence-corrected chi connectivity index (χ4v) is 1.33. The van der Waals surface area contributed by atoms with Crippen molar-refractivity contribution in [3.05, 3.63) is 33.9 Å². The molecule has 0 saturated carbocycles. The van der Waals surface area contributed by atoms with E-state index < -0.39 is 4.92 Å². The minimum absolute atomic E-state index is 0.00676. The number of benzene rings is 1. The van der Waals surface area contributed by atoms with Gasteiger partial charge in [0, 0.05) is 12.6 Å². The lowest BCUT2D eigenvalue weighted by Gasteiger charge is -2.11. The van der Waals surface area contributed by atoms with Crippen LogP contribution in [0.3, 0.4) is 0 Å². The SMILES string of the molecule is CCC(C)CNc1cc(C#N)ccc1[N+](=O)[O-]. The topological polar surface area (TPSA) is 79.0 Å². The molecule has 1 aromatic carbocycles. The summed E-state index contributed by atoms with van der Waals surface area (Å²) in [7, 11) is 0. The van der Waals surface area contributed by atoms with Crippen molar-refractivity contribution >= 4 is 11.4 Å². The quantitative estimate of drug-likeness (QED) is 0.626. The molecule has 0 aliphatic heterocycles. The molecule has 0 radical (unpaired) electrons. The minimum Gasteiger partial charge on any atom is -0.379 e. The summed E-state index contributed by atoms with van der Waals surface area (Å²) in [5.41, 5.74) is 0.837. The second-order valence-electron chi connectivity index (χ2n) is 4.00. The monoisotopic (exact) mass is 233 g/mol. The molecule has 0 heterocycles. The Morgan fingerprint density at radius 1 is 1.59 bits per heavy atom. The standard InChI is InChI=1S/C12H15N3O2/c1-3-9(2)8-14-11-6-10(7-13)4-5-12(11)15(16)17/h4-6,9,14H,3,8H2,1-2H3. The van der Waals surface area contributed by atoms with Crippen LogP contribution in [0.15, 0.2) is 18.2 Å². The Bertz CT molecular complexity index is 452. The van der Waals surface area contributed by atoms with Crippen LogP contribution < -0.4 is 5.32 Å². The Kier molecular flexibility index (Phi) is 4.46. The molecule has 1 N–H and O–H groups in total. The maximum absolute atomic E-state index is 10.8. The third-order valence-corrected chi connectivity index (χ3v) is 2.66. The average molecular weight is 233 g/mol. The Morgan fingerprint density at radius 2 is 2.29 bits per heavy atom. The van der Waals surface area contributed by atoms with Crippen LogP contribution in [0.4, 0.5) is 11.4 Å². The second kappa shape index (κ2) is 5.85. The van der Waals surface area contributed by atoms with Crippen molar-refractivity contribution in [3.8, 4) is 6.07 Å². The number of nitro groups is 1. The second-order valence-corrected chi connectivity index (χ2v) is 4.00. The molecule has 5 heteroatoms. The van der Waals surface area contributed by atoms with Gasteiger partial charge in [-0.2, -0.15) is 5.26 Å². The molecule has 0 amide bonds. The number of nitrogens with one attached hydrogen (secondary N) is 1. The van der Waals surface area contributed by atoms with Crippen molar-refractivity contribution in [1.82, 2.24) is 0 Å². The Hall–Kier alpha value is -2.09. The van der Waals surface area contributed by atoms with E-state index in [9.17, 15) is 10.1 Å². The highest BCUT2D eigenvalue weighted by Gasteiger charge is 2.14. The summed E-state index contributed by atoms with van der Waals surface area (Å²) in [5, 5.41) is 22.6. The van der Waals surface area contributed by atoms with Crippen molar-refractivity contribution < 1.29 is 4.92 Å². The first-order valence-corrected chi connectivity index (χ1v) is 5.50. The van der Waals surface area contributed by atoms with Gasteiger partial charge in [0.15, 0.2) is 0 Å². The lowest BCUT2D eigenvalue weighted by Crippen LogP contribution is -2.11. The first kappa shape index (κ1) is 13.0. The summed E-state index contributed by atoms with van der Waals surface area (Å²) in [6.45, 7) is 4.78. The summed E-state index contributed by atoms with van der Waals surface area (Å²) in [5.74, 6) is 0.431. The molecule has 1 atom stereocenters. The first-order valence-electron chi connectivity index (χ1n) is 5.50. The van der Waals surface area contributed by atoms with Crippen LogP contribution in [-0.2, 0) is 0 Å². The molecule has 1 rings (SSSR count). The van der Waals surface area contributed by atoms with Crippen molar-refractivity contribution in [2.24, 2.45) is 5.92 Å². The highest BCUT2D eigenvalue weighted by molar-refractivity contribution is 5.64. The van der Waals surface area contributed by atoms with Gasteiger partial charge in [0.1, 0.15) is 5.69 Å². The van der Waals surface area contributed by atoms with E-state index in [2.05, 4.69) is 19.2 Å². The first-order chi connectivity index (χ1) is 8.08. The number of nitro benzene ring substituents is 1. The normalized spacial score (nSPS) is 11.6. The average Bonchev–Trinajstić information content (AvgIpc) is 2.35. The Morgan fingerprint density at radius 3 is 2.82 bits per heavy atom. The van der Waals surface area contributed by atoms with Crippen LogP contribution in [0.2, 0.25) is 0 Å².